The minimum Gasteiger partial charge on any atom is -0.347 e. The van der Waals surface area contributed by atoms with Gasteiger partial charge in [0.1, 0.15) is 11.6 Å². The van der Waals surface area contributed by atoms with Crippen molar-refractivity contribution in [3.05, 3.63) is 35.4 Å². The van der Waals surface area contributed by atoms with Crippen molar-refractivity contribution in [2.24, 2.45) is 11.3 Å². The van der Waals surface area contributed by atoms with Gasteiger partial charge in [0.15, 0.2) is 0 Å². The minimum absolute atomic E-state index is 0.105. The molecule has 1 saturated carbocycles. The molecule has 4 nitrogen and oxygen atoms in total. The fraction of sp³-hybridized carbons (Fsp3) is 0.529. The fourth-order valence-corrected chi connectivity index (χ4v) is 2.28. The van der Waals surface area contributed by atoms with Crippen LogP contribution in [0.15, 0.2) is 18.2 Å². The van der Waals surface area contributed by atoms with E-state index in [2.05, 4.69) is 10.6 Å². The highest BCUT2D eigenvalue weighted by atomic mass is 19.1. The van der Waals surface area contributed by atoms with Gasteiger partial charge in [-0.05, 0) is 37.0 Å². The standard InChI is InChI=1S/C17H22F2N2O2/c1-17(2,3)16(23)20-9-14(22)21-15(10-4-5-10)12-8-11(18)6-7-13(12)19/h6-8,10,15H,4-5,9H2,1-3H3,(H,20,23)(H,21,22). The summed E-state index contributed by atoms with van der Waals surface area (Å²) in [5.41, 5.74) is -0.437. The van der Waals surface area contributed by atoms with Crippen LogP contribution in [0.2, 0.25) is 0 Å². The lowest BCUT2D eigenvalue weighted by molar-refractivity contribution is -0.131. The molecular weight excluding hydrogens is 302 g/mol. The van der Waals surface area contributed by atoms with Gasteiger partial charge in [0, 0.05) is 11.0 Å². The number of halogens is 2. The Kier molecular flexibility index (Phi) is 5.02. The average Bonchev–Trinajstić information content (AvgIpc) is 3.28. The van der Waals surface area contributed by atoms with E-state index in [1.165, 1.54) is 0 Å². The van der Waals surface area contributed by atoms with E-state index in [1.807, 2.05) is 0 Å². The molecule has 1 aromatic rings. The van der Waals surface area contributed by atoms with Gasteiger partial charge in [0.25, 0.3) is 0 Å². The van der Waals surface area contributed by atoms with Crippen LogP contribution >= 0.6 is 0 Å². The molecular formula is C17H22F2N2O2. The van der Waals surface area contributed by atoms with Crippen molar-refractivity contribution in [1.29, 1.82) is 0 Å². The summed E-state index contributed by atoms with van der Waals surface area (Å²) >= 11 is 0. The van der Waals surface area contributed by atoms with E-state index in [0.717, 1.165) is 31.0 Å². The molecule has 1 atom stereocenters. The maximum Gasteiger partial charge on any atom is 0.239 e. The zero-order chi connectivity index (χ0) is 17.2. The van der Waals surface area contributed by atoms with Gasteiger partial charge in [-0.15, -0.1) is 0 Å². The molecule has 0 aliphatic heterocycles. The summed E-state index contributed by atoms with van der Waals surface area (Å²) in [6.07, 6.45) is 1.71. The van der Waals surface area contributed by atoms with E-state index in [0.29, 0.717) is 0 Å². The van der Waals surface area contributed by atoms with Crippen LogP contribution < -0.4 is 10.6 Å². The third-order valence-electron chi connectivity index (χ3n) is 3.79. The number of carbonyl (C=O) groups excluding carboxylic acids is 2. The summed E-state index contributed by atoms with van der Waals surface area (Å²) < 4.78 is 27.3. The fourth-order valence-electron chi connectivity index (χ4n) is 2.28. The summed E-state index contributed by atoms with van der Waals surface area (Å²) in [5.74, 6) is -1.63. The Morgan fingerprint density at radius 3 is 2.48 bits per heavy atom. The quantitative estimate of drug-likeness (QED) is 0.875. The highest BCUT2D eigenvalue weighted by Crippen LogP contribution is 2.41. The second-order valence-corrected chi connectivity index (χ2v) is 6.98. The van der Waals surface area contributed by atoms with Gasteiger partial charge in [-0.25, -0.2) is 8.78 Å². The second kappa shape index (κ2) is 6.64. The molecule has 0 saturated heterocycles. The molecule has 1 aliphatic rings. The number of hydrogen-bond acceptors (Lipinski definition) is 2. The van der Waals surface area contributed by atoms with Crippen LogP contribution in [0, 0.1) is 23.0 Å². The van der Waals surface area contributed by atoms with Gasteiger partial charge in [0.05, 0.1) is 12.6 Å². The smallest absolute Gasteiger partial charge is 0.239 e. The Bertz CT molecular complexity index is 607. The van der Waals surface area contributed by atoms with Crippen molar-refractivity contribution in [1.82, 2.24) is 10.6 Å². The zero-order valence-corrected chi connectivity index (χ0v) is 13.6. The van der Waals surface area contributed by atoms with E-state index in [4.69, 9.17) is 0 Å². The van der Waals surface area contributed by atoms with Crippen LogP contribution in [0.4, 0.5) is 8.78 Å². The molecule has 2 N–H and O–H groups in total. The second-order valence-electron chi connectivity index (χ2n) is 6.98. The SMILES string of the molecule is CC(C)(C)C(=O)NCC(=O)NC(c1cc(F)ccc1F)C1CC1. The van der Waals surface area contributed by atoms with Crippen LogP contribution in [0.25, 0.3) is 0 Å². The summed E-state index contributed by atoms with van der Waals surface area (Å²) in [7, 11) is 0. The highest BCUT2D eigenvalue weighted by molar-refractivity contribution is 5.87. The molecule has 0 radical (unpaired) electrons. The number of carbonyl (C=O) groups is 2. The van der Waals surface area contributed by atoms with Crippen LogP contribution in [0.1, 0.15) is 45.2 Å². The molecule has 23 heavy (non-hydrogen) atoms. The molecule has 0 bridgehead atoms. The maximum atomic E-state index is 13.9. The first-order chi connectivity index (χ1) is 10.7. The van der Waals surface area contributed by atoms with Crippen molar-refractivity contribution in [2.45, 2.75) is 39.7 Å². The predicted molar refractivity (Wildman–Crippen MR) is 82.4 cm³/mol. The van der Waals surface area contributed by atoms with E-state index in [9.17, 15) is 18.4 Å². The molecule has 2 rings (SSSR count). The lowest BCUT2D eigenvalue weighted by Crippen LogP contribution is -2.43. The normalized spacial score (nSPS) is 15.9. The monoisotopic (exact) mass is 324 g/mol. The van der Waals surface area contributed by atoms with Crippen molar-refractivity contribution in [3.8, 4) is 0 Å². The van der Waals surface area contributed by atoms with Crippen molar-refractivity contribution in [2.75, 3.05) is 6.54 Å². The molecule has 2 amide bonds. The summed E-state index contributed by atoms with van der Waals surface area (Å²) in [4.78, 5) is 23.8. The third-order valence-corrected chi connectivity index (χ3v) is 3.79. The first kappa shape index (κ1) is 17.4. The lowest BCUT2D eigenvalue weighted by Gasteiger charge is -2.21. The number of benzene rings is 1. The van der Waals surface area contributed by atoms with Crippen LogP contribution in [0.5, 0.6) is 0 Å². The third kappa shape index (κ3) is 4.74. The molecule has 0 aromatic heterocycles. The van der Waals surface area contributed by atoms with E-state index in [-0.39, 0.29) is 23.9 Å². The Hall–Kier alpha value is -1.98. The molecule has 1 aromatic carbocycles. The molecule has 1 aliphatic carbocycles. The van der Waals surface area contributed by atoms with Crippen LogP contribution in [-0.2, 0) is 9.59 Å². The molecule has 0 heterocycles. The number of hydrogen-bond donors (Lipinski definition) is 2. The van der Waals surface area contributed by atoms with Gasteiger partial charge in [-0.2, -0.15) is 0 Å². The molecule has 6 heteroatoms. The largest absolute Gasteiger partial charge is 0.347 e. The van der Waals surface area contributed by atoms with Gasteiger partial charge in [0.2, 0.25) is 11.8 Å². The lowest BCUT2D eigenvalue weighted by atomic mass is 9.96. The molecule has 1 unspecified atom stereocenters. The Balaban J connectivity index is 2.01. The zero-order valence-electron chi connectivity index (χ0n) is 13.6. The van der Waals surface area contributed by atoms with Crippen LogP contribution in [0.3, 0.4) is 0 Å². The van der Waals surface area contributed by atoms with Gasteiger partial charge < -0.3 is 10.6 Å². The molecule has 126 valence electrons. The van der Waals surface area contributed by atoms with E-state index >= 15 is 0 Å². The Labute approximate surface area is 134 Å². The number of amides is 2. The van der Waals surface area contributed by atoms with Gasteiger partial charge in [-0.1, -0.05) is 20.8 Å². The Morgan fingerprint density at radius 2 is 1.91 bits per heavy atom. The van der Waals surface area contributed by atoms with Crippen molar-refractivity contribution in [3.63, 3.8) is 0 Å². The topological polar surface area (TPSA) is 58.2 Å². The highest BCUT2D eigenvalue weighted by Gasteiger charge is 2.35. The summed E-state index contributed by atoms with van der Waals surface area (Å²) in [5, 5.41) is 5.26. The Morgan fingerprint density at radius 1 is 1.26 bits per heavy atom. The maximum absolute atomic E-state index is 13.9. The number of nitrogens with one attached hydrogen (secondary N) is 2. The van der Waals surface area contributed by atoms with Crippen molar-refractivity contribution >= 4 is 11.8 Å². The van der Waals surface area contributed by atoms with Gasteiger partial charge >= 0.3 is 0 Å². The number of rotatable bonds is 5. The summed E-state index contributed by atoms with van der Waals surface area (Å²) in [6.45, 7) is 5.05. The first-order valence-corrected chi connectivity index (χ1v) is 7.71. The minimum atomic E-state index is -0.592. The average molecular weight is 324 g/mol. The van der Waals surface area contributed by atoms with E-state index in [1.54, 1.807) is 20.8 Å². The van der Waals surface area contributed by atoms with Crippen molar-refractivity contribution < 1.29 is 18.4 Å². The van der Waals surface area contributed by atoms with Gasteiger partial charge in [-0.3, -0.25) is 9.59 Å². The molecule has 0 spiro atoms. The van der Waals surface area contributed by atoms with E-state index < -0.39 is 29.0 Å². The van der Waals surface area contributed by atoms with Crippen LogP contribution in [-0.4, -0.2) is 18.4 Å². The predicted octanol–water partition coefficient (Wildman–Crippen LogP) is 2.69. The molecule has 1 fully saturated rings. The summed E-state index contributed by atoms with van der Waals surface area (Å²) in [6, 6.07) is 2.67. The first-order valence-electron chi connectivity index (χ1n) is 7.71.